The van der Waals surface area contributed by atoms with Crippen molar-refractivity contribution in [1.29, 1.82) is 0 Å². The first-order valence-corrected chi connectivity index (χ1v) is 10.9. The first-order valence-electron chi connectivity index (χ1n) is 10.6. The van der Waals surface area contributed by atoms with Gasteiger partial charge in [-0.3, -0.25) is 9.69 Å². The largest absolute Gasteiger partial charge is 0.356 e. The maximum absolute atomic E-state index is 12.6. The number of anilines is 1. The number of hydrogen-bond acceptors (Lipinski definition) is 5. The van der Waals surface area contributed by atoms with Crippen molar-refractivity contribution in [3.63, 3.8) is 0 Å². The number of hydrogen-bond donors (Lipinski definition) is 1. The van der Waals surface area contributed by atoms with Gasteiger partial charge in [0.25, 0.3) is 0 Å². The van der Waals surface area contributed by atoms with E-state index in [0.717, 1.165) is 49.2 Å². The number of nitrogens with zero attached hydrogens (tertiary/aromatic N) is 4. The third-order valence-corrected chi connectivity index (χ3v) is 5.97. The fourth-order valence-electron chi connectivity index (χ4n) is 4.19. The molecule has 6 nitrogen and oxygen atoms in total. The summed E-state index contributed by atoms with van der Waals surface area (Å²) in [5, 5.41) is 4.82. The SMILES string of the molecule is CC(C)N(CCNC(=O)C1CCN(c2ncnc3cc(Cl)ccc23)CC1)C(C)C. The summed E-state index contributed by atoms with van der Waals surface area (Å²) < 4.78 is 0. The van der Waals surface area contributed by atoms with Gasteiger partial charge < -0.3 is 10.2 Å². The van der Waals surface area contributed by atoms with Gasteiger partial charge in [0, 0.05) is 54.6 Å². The van der Waals surface area contributed by atoms with E-state index in [9.17, 15) is 4.79 Å². The number of carbonyl (C=O) groups is 1. The lowest BCUT2D eigenvalue weighted by Crippen LogP contribution is -2.45. The summed E-state index contributed by atoms with van der Waals surface area (Å²) in [6.07, 6.45) is 3.26. The summed E-state index contributed by atoms with van der Waals surface area (Å²) >= 11 is 6.08. The second kappa shape index (κ2) is 9.72. The molecular weight excluding hydrogens is 386 g/mol. The molecule has 0 spiro atoms. The zero-order chi connectivity index (χ0) is 21.0. The topological polar surface area (TPSA) is 61.4 Å². The van der Waals surface area contributed by atoms with E-state index in [2.05, 4.69) is 52.8 Å². The van der Waals surface area contributed by atoms with Crippen LogP contribution in [-0.2, 0) is 4.79 Å². The fourth-order valence-corrected chi connectivity index (χ4v) is 4.35. The van der Waals surface area contributed by atoms with Crippen LogP contribution in [0, 0.1) is 5.92 Å². The van der Waals surface area contributed by atoms with Gasteiger partial charge in [-0.05, 0) is 58.7 Å². The molecule has 3 rings (SSSR count). The molecule has 1 N–H and O–H groups in total. The Bertz CT molecular complexity index is 825. The van der Waals surface area contributed by atoms with Crippen LogP contribution in [-0.4, -0.2) is 59.0 Å². The smallest absolute Gasteiger partial charge is 0.223 e. The Morgan fingerprint density at radius 2 is 1.90 bits per heavy atom. The molecule has 29 heavy (non-hydrogen) atoms. The minimum absolute atomic E-state index is 0.0698. The maximum atomic E-state index is 12.6. The van der Waals surface area contributed by atoms with E-state index in [1.54, 1.807) is 6.33 Å². The quantitative estimate of drug-likeness (QED) is 0.743. The summed E-state index contributed by atoms with van der Waals surface area (Å²) in [4.78, 5) is 26.1. The molecule has 2 heterocycles. The Morgan fingerprint density at radius 3 is 2.55 bits per heavy atom. The van der Waals surface area contributed by atoms with Gasteiger partial charge >= 0.3 is 0 Å². The molecule has 1 aromatic heterocycles. The van der Waals surface area contributed by atoms with Gasteiger partial charge in [0.1, 0.15) is 12.1 Å². The molecule has 0 aliphatic carbocycles. The number of nitrogens with one attached hydrogen (secondary N) is 1. The van der Waals surface area contributed by atoms with Crippen LogP contribution in [0.15, 0.2) is 24.5 Å². The van der Waals surface area contributed by atoms with Crippen LogP contribution in [0.4, 0.5) is 5.82 Å². The van der Waals surface area contributed by atoms with Crippen molar-refractivity contribution in [3.05, 3.63) is 29.5 Å². The van der Waals surface area contributed by atoms with E-state index in [4.69, 9.17) is 11.6 Å². The molecule has 0 radical (unpaired) electrons. The molecule has 1 aliphatic rings. The normalized spacial score (nSPS) is 15.7. The molecule has 7 heteroatoms. The number of rotatable bonds is 7. The number of aromatic nitrogens is 2. The molecule has 1 aromatic carbocycles. The average Bonchev–Trinajstić information content (AvgIpc) is 2.70. The van der Waals surface area contributed by atoms with Gasteiger partial charge in [0.15, 0.2) is 0 Å². The van der Waals surface area contributed by atoms with Crippen LogP contribution in [0.3, 0.4) is 0 Å². The van der Waals surface area contributed by atoms with Crippen LogP contribution >= 0.6 is 11.6 Å². The monoisotopic (exact) mass is 417 g/mol. The Kier molecular flexibility index (Phi) is 7.30. The zero-order valence-electron chi connectivity index (χ0n) is 17.9. The van der Waals surface area contributed by atoms with E-state index >= 15 is 0 Å². The number of amides is 1. The van der Waals surface area contributed by atoms with Crippen molar-refractivity contribution >= 4 is 34.2 Å². The molecular formula is C22H32ClN5O. The number of carbonyl (C=O) groups excluding carboxylic acids is 1. The standard InChI is InChI=1S/C22H32ClN5O/c1-15(2)28(16(3)4)12-9-24-22(29)17-7-10-27(11-8-17)21-19-6-5-18(23)13-20(19)25-14-26-21/h5-6,13-17H,7-12H2,1-4H3,(H,24,29). The lowest BCUT2D eigenvalue weighted by Gasteiger charge is -2.33. The Labute approximate surface area is 178 Å². The molecule has 1 fully saturated rings. The van der Waals surface area contributed by atoms with E-state index in [1.807, 2.05) is 18.2 Å². The third kappa shape index (κ3) is 5.37. The Balaban J connectivity index is 1.53. The van der Waals surface area contributed by atoms with E-state index in [1.165, 1.54) is 0 Å². The minimum atomic E-state index is 0.0698. The van der Waals surface area contributed by atoms with Gasteiger partial charge in [-0.1, -0.05) is 11.6 Å². The first kappa shape index (κ1) is 21.8. The number of benzene rings is 1. The third-order valence-electron chi connectivity index (χ3n) is 5.74. The first-order chi connectivity index (χ1) is 13.9. The highest BCUT2D eigenvalue weighted by molar-refractivity contribution is 6.31. The van der Waals surface area contributed by atoms with Crippen LogP contribution in [0.2, 0.25) is 5.02 Å². The fraction of sp³-hybridized carbons (Fsp3) is 0.591. The van der Waals surface area contributed by atoms with E-state index < -0.39 is 0 Å². The average molecular weight is 418 g/mol. The molecule has 1 aliphatic heterocycles. The predicted molar refractivity (Wildman–Crippen MR) is 119 cm³/mol. The van der Waals surface area contributed by atoms with Crippen molar-refractivity contribution in [2.24, 2.45) is 5.92 Å². The van der Waals surface area contributed by atoms with Gasteiger partial charge in [0.05, 0.1) is 5.52 Å². The minimum Gasteiger partial charge on any atom is -0.356 e. The molecule has 1 amide bonds. The zero-order valence-corrected chi connectivity index (χ0v) is 18.6. The highest BCUT2D eigenvalue weighted by Gasteiger charge is 2.26. The summed E-state index contributed by atoms with van der Waals surface area (Å²) in [7, 11) is 0. The second-order valence-electron chi connectivity index (χ2n) is 8.34. The number of piperidine rings is 1. The summed E-state index contributed by atoms with van der Waals surface area (Å²) in [5.74, 6) is 1.17. The van der Waals surface area contributed by atoms with Crippen molar-refractivity contribution in [3.8, 4) is 0 Å². The van der Waals surface area contributed by atoms with Gasteiger partial charge in [-0.2, -0.15) is 0 Å². The molecule has 0 saturated carbocycles. The highest BCUT2D eigenvalue weighted by Crippen LogP contribution is 2.28. The van der Waals surface area contributed by atoms with Crippen LogP contribution in [0.1, 0.15) is 40.5 Å². The second-order valence-corrected chi connectivity index (χ2v) is 8.77. The number of halogens is 1. The molecule has 0 atom stereocenters. The highest BCUT2D eigenvalue weighted by atomic mass is 35.5. The lowest BCUT2D eigenvalue weighted by molar-refractivity contribution is -0.125. The predicted octanol–water partition coefficient (Wildman–Crippen LogP) is 3.73. The molecule has 0 unspecified atom stereocenters. The number of fused-ring (bicyclic) bond motifs is 1. The van der Waals surface area contributed by atoms with Crippen LogP contribution in [0.5, 0.6) is 0 Å². The summed E-state index contributed by atoms with van der Waals surface area (Å²) in [6.45, 7) is 12.0. The lowest BCUT2D eigenvalue weighted by atomic mass is 9.95. The molecule has 158 valence electrons. The van der Waals surface area contributed by atoms with Gasteiger partial charge in [-0.25, -0.2) is 9.97 Å². The molecule has 1 saturated heterocycles. The summed E-state index contributed by atoms with van der Waals surface area (Å²) in [5.41, 5.74) is 0.849. The Hall–Kier alpha value is -1.92. The van der Waals surface area contributed by atoms with Crippen molar-refractivity contribution < 1.29 is 4.79 Å². The van der Waals surface area contributed by atoms with Crippen molar-refractivity contribution in [1.82, 2.24) is 20.2 Å². The summed E-state index contributed by atoms with van der Waals surface area (Å²) in [6, 6.07) is 6.66. The Morgan fingerprint density at radius 1 is 1.21 bits per heavy atom. The molecule has 0 bridgehead atoms. The van der Waals surface area contributed by atoms with Crippen LogP contribution in [0.25, 0.3) is 10.9 Å². The van der Waals surface area contributed by atoms with Crippen molar-refractivity contribution in [2.75, 3.05) is 31.1 Å². The van der Waals surface area contributed by atoms with Gasteiger partial charge in [-0.15, -0.1) is 0 Å². The van der Waals surface area contributed by atoms with Gasteiger partial charge in [0.2, 0.25) is 5.91 Å². The van der Waals surface area contributed by atoms with Crippen LogP contribution < -0.4 is 10.2 Å². The van der Waals surface area contributed by atoms with Crippen molar-refractivity contribution in [2.45, 2.75) is 52.6 Å². The van der Waals surface area contributed by atoms with E-state index in [0.29, 0.717) is 23.7 Å². The molecule has 2 aromatic rings. The van der Waals surface area contributed by atoms with E-state index in [-0.39, 0.29) is 11.8 Å². The maximum Gasteiger partial charge on any atom is 0.223 e.